The zero-order valence-corrected chi connectivity index (χ0v) is 16.5. The maximum Gasteiger partial charge on any atom is 0.412 e. The molecule has 3 N–H and O–H groups in total. The number of ether oxygens (including phenoxy) is 1. The highest BCUT2D eigenvalue weighted by Crippen LogP contribution is 2.22. The monoisotopic (exact) mass is 365 g/mol. The van der Waals surface area contributed by atoms with Gasteiger partial charge in [-0.15, -0.1) is 0 Å². The van der Waals surface area contributed by atoms with Crippen LogP contribution in [0.3, 0.4) is 0 Å². The van der Waals surface area contributed by atoms with E-state index in [1.165, 1.54) is 0 Å². The molecule has 2 rings (SSSR count). The summed E-state index contributed by atoms with van der Waals surface area (Å²) < 4.78 is 5.53. The highest BCUT2D eigenvalue weighted by atomic mass is 16.6. The lowest BCUT2D eigenvalue weighted by Gasteiger charge is -2.18. The Balaban J connectivity index is 2.18. The predicted molar refractivity (Wildman–Crippen MR) is 111 cm³/mol. The summed E-state index contributed by atoms with van der Waals surface area (Å²) in [6.45, 7) is 7.35. The summed E-state index contributed by atoms with van der Waals surface area (Å²) in [6.07, 6.45) is -0.952. The molecular formula is C22H27N3O2. The van der Waals surface area contributed by atoms with Gasteiger partial charge in [-0.1, -0.05) is 36.4 Å². The van der Waals surface area contributed by atoms with Crippen molar-refractivity contribution < 1.29 is 9.53 Å². The van der Waals surface area contributed by atoms with Crippen LogP contribution in [-0.2, 0) is 4.74 Å². The van der Waals surface area contributed by atoms with Crippen molar-refractivity contribution in [1.29, 1.82) is 5.41 Å². The molecule has 0 spiro atoms. The van der Waals surface area contributed by atoms with Crippen LogP contribution in [-0.4, -0.2) is 18.9 Å². The number of carbonyl (C=O) groups excluding carboxylic acids is 1. The van der Waals surface area contributed by atoms with Gasteiger partial charge >= 0.3 is 6.09 Å². The van der Waals surface area contributed by atoms with E-state index in [9.17, 15) is 4.79 Å². The first-order valence-corrected chi connectivity index (χ1v) is 8.91. The van der Waals surface area contributed by atoms with Gasteiger partial charge in [-0.2, -0.15) is 0 Å². The summed E-state index contributed by atoms with van der Waals surface area (Å²) in [6, 6.07) is 15.6. The first-order chi connectivity index (χ1) is 12.8. The third-order valence-corrected chi connectivity index (χ3v) is 4.49. The lowest BCUT2D eigenvalue weighted by molar-refractivity contribution is 0.110. The summed E-state index contributed by atoms with van der Waals surface area (Å²) in [7, 11) is 1.86. The second-order valence-corrected chi connectivity index (χ2v) is 6.48. The molecule has 0 saturated carbocycles. The van der Waals surface area contributed by atoms with Crippen LogP contribution in [0.4, 0.5) is 10.5 Å². The molecule has 0 saturated heterocycles. The summed E-state index contributed by atoms with van der Waals surface area (Å²) in [5, 5.41) is 13.9. The first kappa shape index (κ1) is 20.2. The Labute approximate surface area is 161 Å². The molecule has 2 aromatic carbocycles. The minimum atomic E-state index is -0.571. The molecule has 0 aliphatic rings. The Hall–Kier alpha value is -3.08. The van der Waals surface area contributed by atoms with Gasteiger partial charge < -0.3 is 15.5 Å². The van der Waals surface area contributed by atoms with Gasteiger partial charge in [0.1, 0.15) is 6.10 Å². The third kappa shape index (κ3) is 5.20. The fourth-order valence-corrected chi connectivity index (χ4v) is 2.90. The average Bonchev–Trinajstić information content (AvgIpc) is 2.65. The summed E-state index contributed by atoms with van der Waals surface area (Å²) in [5.74, 6) is 0. The standard InChI is InChI=1S/C22H27N3O2/c1-14-8-6-7-9-20(14)17(4)27-22(26)25-21(16(3)23)15(2)18-10-12-19(24-5)13-11-18/h6-13,17,23-24H,1-5H3,(H,25,26)/b21-15-,23-16?. The van der Waals surface area contributed by atoms with Crippen LogP contribution < -0.4 is 10.6 Å². The lowest BCUT2D eigenvalue weighted by atomic mass is 10.0. The van der Waals surface area contributed by atoms with Crippen molar-refractivity contribution in [2.45, 2.75) is 33.8 Å². The van der Waals surface area contributed by atoms with E-state index < -0.39 is 6.09 Å². The molecule has 2 aromatic rings. The molecule has 5 nitrogen and oxygen atoms in total. The number of hydrogen-bond acceptors (Lipinski definition) is 4. The second-order valence-electron chi connectivity index (χ2n) is 6.48. The molecule has 0 aliphatic heterocycles. The predicted octanol–water partition coefficient (Wildman–Crippen LogP) is 5.29. The van der Waals surface area contributed by atoms with Crippen LogP contribution in [0.25, 0.3) is 5.57 Å². The van der Waals surface area contributed by atoms with Crippen LogP contribution in [0.5, 0.6) is 0 Å². The molecule has 0 bridgehead atoms. The van der Waals surface area contributed by atoms with Crippen LogP contribution in [0.1, 0.15) is 43.6 Å². The number of allylic oxidation sites excluding steroid dienone is 2. The van der Waals surface area contributed by atoms with Crippen molar-refractivity contribution in [3.05, 3.63) is 70.9 Å². The van der Waals surface area contributed by atoms with Crippen LogP contribution in [0.15, 0.2) is 54.2 Å². The fourth-order valence-electron chi connectivity index (χ4n) is 2.90. The van der Waals surface area contributed by atoms with Gasteiger partial charge in [0.25, 0.3) is 0 Å². The average molecular weight is 365 g/mol. The van der Waals surface area contributed by atoms with E-state index in [0.717, 1.165) is 28.0 Å². The second kappa shape index (κ2) is 9.03. The van der Waals surface area contributed by atoms with Crippen molar-refractivity contribution in [1.82, 2.24) is 5.32 Å². The van der Waals surface area contributed by atoms with E-state index in [4.69, 9.17) is 10.1 Å². The number of benzene rings is 2. The number of aryl methyl sites for hydroxylation is 1. The van der Waals surface area contributed by atoms with E-state index in [1.54, 1.807) is 6.92 Å². The third-order valence-electron chi connectivity index (χ3n) is 4.49. The van der Waals surface area contributed by atoms with Crippen molar-refractivity contribution in [3.63, 3.8) is 0 Å². The maximum absolute atomic E-state index is 12.4. The SMILES string of the molecule is CNc1ccc(/C(C)=C(\NC(=O)OC(C)c2ccccc2C)C(C)=N)cc1. The molecule has 0 fully saturated rings. The number of carbonyl (C=O) groups is 1. The largest absolute Gasteiger partial charge is 0.441 e. The number of alkyl carbamates (subject to hydrolysis) is 1. The number of anilines is 1. The zero-order chi connectivity index (χ0) is 20.0. The molecule has 0 aromatic heterocycles. The van der Waals surface area contributed by atoms with E-state index in [2.05, 4.69) is 10.6 Å². The Bertz CT molecular complexity index is 854. The Morgan fingerprint density at radius 3 is 2.26 bits per heavy atom. The molecule has 5 heteroatoms. The quantitative estimate of drug-likeness (QED) is 0.609. The number of amides is 1. The van der Waals surface area contributed by atoms with Gasteiger partial charge in [0.05, 0.1) is 11.4 Å². The Morgan fingerprint density at radius 2 is 1.70 bits per heavy atom. The van der Waals surface area contributed by atoms with Gasteiger partial charge in [-0.25, -0.2) is 4.79 Å². The summed E-state index contributed by atoms with van der Waals surface area (Å²) >= 11 is 0. The zero-order valence-electron chi connectivity index (χ0n) is 16.5. The van der Waals surface area contributed by atoms with Gasteiger partial charge in [-0.05, 0) is 62.1 Å². The first-order valence-electron chi connectivity index (χ1n) is 8.91. The lowest BCUT2D eigenvalue weighted by Crippen LogP contribution is -2.28. The molecule has 0 heterocycles. The molecule has 1 unspecified atom stereocenters. The van der Waals surface area contributed by atoms with E-state index in [1.807, 2.05) is 76.3 Å². The molecule has 27 heavy (non-hydrogen) atoms. The van der Waals surface area contributed by atoms with Gasteiger partial charge in [-0.3, -0.25) is 5.32 Å². The highest BCUT2D eigenvalue weighted by molar-refractivity contribution is 6.04. The number of hydrogen-bond donors (Lipinski definition) is 3. The Kier molecular flexibility index (Phi) is 6.77. The molecular weight excluding hydrogens is 338 g/mol. The van der Waals surface area contributed by atoms with Crippen LogP contribution in [0, 0.1) is 12.3 Å². The number of rotatable bonds is 6. The topological polar surface area (TPSA) is 74.2 Å². The van der Waals surface area contributed by atoms with E-state index in [-0.39, 0.29) is 11.8 Å². The van der Waals surface area contributed by atoms with Crippen molar-refractivity contribution in [3.8, 4) is 0 Å². The smallest absolute Gasteiger partial charge is 0.412 e. The maximum atomic E-state index is 12.4. The van der Waals surface area contributed by atoms with Crippen molar-refractivity contribution >= 4 is 23.1 Å². The summed E-state index contributed by atoms with van der Waals surface area (Å²) in [4.78, 5) is 12.4. The molecule has 0 radical (unpaired) electrons. The minimum absolute atomic E-state index is 0.269. The van der Waals surface area contributed by atoms with Gasteiger partial charge in [0.2, 0.25) is 0 Å². The molecule has 142 valence electrons. The minimum Gasteiger partial charge on any atom is -0.441 e. The number of nitrogens with one attached hydrogen (secondary N) is 3. The fraction of sp³-hybridized carbons (Fsp3) is 0.273. The summed E-state index contributed by atoms with van der Waals surface area (Å²) in [5.41, 5.74) is 5.49. The normalized spacial score (nSPS) is 12.6. The van der Waals surface area contributed by atoms with E-state index in [0.29, 0.717) is 5.70 Å². The van der Waals surface area contributed by atoms with Crippen LogP contribution in [0.2, 0.25) is 0 Å². The Morgan fingerprint density at radius 1 is 1.07 bits per heavy atom. The van der Waals surface area contributed by atoms with Gasteiger partial charge in [0.15, 0.2) is 0 Å². The molecule has 1 amide bonds. The van der Waals surface area contributed by atoms with Gasteiger partial charge in [0, 0.05) is 12.7 Å². The van der Waals surface area contributed by atoms with E-state index >= 15 is 0 Å². The van der Waals surface area contributed by atoms with Crippen molar-refractivity contribution in [2.24, 2.45) is 0 Å². The highest BCUT2D eigenvalue weighted by Gasteiger charge is 2.16. The van der Waals surface area contributed by atoms with Crippen molar-refractivity contribution in [2.75, 3.05) is 12.4 Å². The van der Waals surface area contributed by atoms with Crippen LogP contribution >= 0.6 is 0 Å². The molecule has 1 atom stereocenters. The molecule has 0 aliphatic carbocycles.